The van der Waals surface area contributed by atoms with Crippen LogP contribution in [0.25, 0.3) is 0 Å². The van der Waals surface area contributed by atoms with E-state index in [0.717, 1.165) is 12.3 Å². The molecule has 0 aliphatic heterocycles. The van der Waals surface area contributed by atoms with E-state index in [1.54, 1.807) is 0 Å². The summed E-state index contributed by atoms with van der Waals surface area (Å²) in [5.74, 6) is -7.64. The van der Waals surface area contributed by atoms with Crippen LogP contribution in [0, 0.1) is 11.8 Å². The Kier molecular flexibility index (Phi) is 5.50. The number of nitrogens with two attached hydrogens (primary N) is 1. The molecule has 35 heavy (non-hydrogen) atoms. The monoisotopic (exact) mass is 507 g/mol. The maximum Gasteiger partial charge on any atom is 0.255 e. The number of Topliss-reactive ketones (excluding diaryl/α,β-unsaturated/α-hetero) is 2. The molecule has 4 rings (SSSR count). The molecule has 4 atom stereocenters. The van der Waals surface area contributed by atoms with E-state index in [0.29, 0.717) is 0 Å². The van der Waals surface area contributed by atoms with Gasteiger partial charge in [-0.3, -0.25) is 24.0 Å². The second-order valence-electron chi connectivity index (χ2n) is 9.32. The van der Waals surface area contributed by atoms with Crippen molar-refractivity contribution in [2.24, 2.45) is 17.6 Å². The smallest absolute Gasteiger partial charge is 0.255 e. The molecule has 0 saturated carbocycles. The number of rotatable bonds is 4. The van der Waals surface area contributed by atoms with Gasteiger partial charge in [-0.15, -0.1) is 0 Å². The minimum absolute atomic E-state index is 0.0270. The molecule has 3 aliphatic carbocycles. The third-order valence-electron chi connectivity index (χ3n) is 6.90. The average Bonchev–Trinajstić information content (AvgIpc) is 2.71. The van der Waals surface area contributed by atoms with Crippen molar-refractivity contribution in [2.75, 3.05) is 25.1 Å². The molecule has 0 aromatic heterocycles. The van der Waals surface area contributed by atoms with Gasteiger partial charge in [-0.05, 0) is 50.6 Å². The molecule has 12 nitrogen and oxygen atoms in total. The fourth-order valence-corrected chi connectivity index (χ4v) is 6.14. The van der Waals surface area contributed by atoms with Gasteiger partial charge in [0.2, 0.25) is 15.8 Å². The molecule has 4 unspecified atom stereocenters. The Bertz CT molecular complexity index is 1360. The summed E-state index contributed by atoms with van der Waals surface area (Å²) in [6.07, 6.45) is 0.802. The minimum Gasteiger partial charge on any atom is -0.510 e. The lowest BCUT2D eigenvalue weighted by Gasteiger charge is -2.50. The van der Waals surface area contributed by atoms with Crippen molar-refractivity contribution in [3.63, 3.8) is 0 Å². The molecule has 1 aromatic carbocycles. The highest BCUT2D eigenvalue weighted by Gasteiger charge is 2.63. The minimum atomic E-state index is -3.74. The van der Waals surface area contributed by atoms with Crippen LogP contribution in [0.4, 0.5) is 5.69 Å². The summed E-state index contributed by atoms with van der Waals surface area (Å²) in [7, 11) is -0.683. The van der Waals surface area contributed by atoms with Crippen LogP contribution >= 0.6 is 0 Å². The number of allylic oxidation sites excluding steroid dienone is 1. The highest BCUT2D eigenvalue weighted by molar-refractivity contribution is 7.92. The number of anilines is 1. The van der Waals surface area contributed by atoms with Gasteiger partial charge in [-0.2, -0.15) is 0 Å². The standard InChI is InChI=1S/C22H25N3O9S/c1-25(2)16-10-7-8-6-9-11(24-35(3,33)34)4-5-12(26)14(9)17(27)13(8)19(29)22(10,32)20(30)15(18(16)28)21(23)31/h4-5,8,10,16,24,26,28-29,32H,6-7H2,1-3H3,(H2,23,31). The number of phenolic OH excluding ortho intramolecular Hbond substituents is 1. The number of aliphatic hydroxyl groups excluding tert-OH is 2. The number of hydrogen-bond donors (Lipinski definition) is 6. The fourth-order valence-electron chi connectivity index (χ4n) is 5.55. The van der Waals surface area contributed by atoms with Crippen molar-refractivity contribution in [3.8, 4) is 5.75 Å². The number of aliphatic hydroxyl groups is 3. The van der Waals surface area contributed by atoms with Gasteiger partial charge in [0.25, 0.3) is 5.91 Å². The Morgan fingerprint density at radius 3 is 2.37 bits per heavy atom. The number of hydrogen-bond acceptors (Lipinski definition) is 10. The summed E-state index contributed by atoms with van der Waals surface area (Å²) in [6, 6.07) is 1.30. The zero-order chi connectivity index (χ0) is 26.2. The largest absolute Gasteiger partial charge is 0.510 e. The summed E-state index contributed by atoms with van der Waals surface area (Å²) >= 11 is 0. The number of fused-ring (bicyclic) bond motifs is 3. The first-order valence-electron chi connectivity index (χ1n) is 10.6. The van der Waals surface area contributed by atoms with Crippen LogP contribution in [0.1, 0.15) is 22.3 Å². The van der Waals surface area contributed by atoms with Crippen LogP contribution in [0.15, 0.2) is 34.8 Å². The second-order valence-corrected chi connectivity index (χ2v) is 11.1. The lowest BCUT2D eigenvalue weighted by atomic mass is 9.58. The van der Waals surface area contributed by atoms with Crippen molar-refractivity contribution < 1.29 is 43.2 Å². The number of phenols is 1. The molecule has 0 saturated heterocycles. The summed E-state index contributed by atoms with van der Waals surface area (Å²) in [5.41, 5.74) is 1.32. The molecule has 188 valence electrons. The van der Waals surface area contributed by atoms with E-state index in [9.17, 15) is 43.2 Å². The van der Waals surface area contributed by atoms with Gasteiger partial charge in [0, 0.05) is 11.5 Å². The number of amides is 1. The first kappa shape index (κ1) is 24.7. The third kappa shape index (κ3) is 3.49. The molecular weight excluding hydrogens is 482 g/mol. The highest BCUT2D eigenvalue weighted by Crippen LogP contribution is 2.52. The predicted octanol–water partition coefficient (Wildman–Crippen LogP) is -0.508. The molecule has 1 amide bonds. The number of likely N-dealkylation sites (N-methyl/N-ethyl adjacent to an activating group) is 1. The SMILES string of the molecule is CN(C)C1C(O)=C(C(N)=O)C(=O)C2(O)C(O)=C3C(=O)c4c(O)ccc(NS(C)(=O)=O)c4CC3CC12. The number of sulfonamides is 1. The predicted molar refractivity (Wildman–Crippen MR) is 122 cm³/mol. The number of benzene rings is 1. The van der Waals surface area contributed by atoms with E-state index < -0.39 is 73.8 Å². The average molecular weight is 508 g/mol. The molecular formula is C22H25N3O9S. The summed E-state index contributed by atoms with van der Waals surface area (Å²) < 4.78 is 26.0. The lowest BCUT2D eigenvalue weighted by molar-refractivity contribution is -0.148. The van der Waals surface area contributed by atoms with Gasteiger partial charge < -0.3 is 26.2 Å². The van der Waals surface area contributed by atoms with Gasteiger partial charge in [0.05, 0.1) is 23.5 Å². The Hall–Kier alpha value is -3.42. The van der Waals surface area contributed by atoms with Gasteiger partial charge in [0.15, 0.2) is 11.4 Å². The van der Waals surface area contributed by atoms with Crippen LogP contribution < -0.4 is 10.5 Å². The molecule has 0 spiro atoms. The van der Waals surface area contributed by atoms with E-state index >= 15 is 0 Å². The Morgan fingerprint density at radius 2 is 1.83 bits per heavy atom. The third-order valence-corrected chi connectivity index (χ3v) is 7.49. The van der Waals surface area contributed by atoms with Gasteiger partial charge in [0.1, 0.15) is 22.8 Å². The molecule has 13 heteroatoms. The van der Waals surface area contributed by atoms with Gasteiger partial charge in [-0.1, -0.05) is 0 Å². The highest BCUT2D eigenvalue weighted by atomic mass is 32.2. The first-order chi connectivity index (χ1) is 16.1. The number of nitrogens with zero attached hydrogens (tertiary/aromatic N) is 1. The molecule has 7 N–H and O–H groups in total. The maximum absolute atomic E-state index is 13.5. The van der Waals surface area contributed by atoms with Crippen LogP contribution in [-0.4, -0.2) is 83.2 Å². The number of primary amides is 1. The molecule has 0 heterocycles. The van der Waals surface area contributed by atoms with Gasteiger partial charge >= 0.3 is 0 Å². The number of carbonyl (C=O) groups excluding carboxylic acids is 3. The van der Waals surface area contributed by atoms with E-state index in [4.69, 9.17) is 5.73 Å². The van der Waals surface area contributed by atoms with Crippen LogP contribution in [0.3, 0.4) is 0 Å². The van der Waals surface area contributed by atoms with Crippen molar-refractivity contribution in [3.05, 3.63) is 45.9 Å². The fraction of sp³-hybridized carbons (Fsp3) is 0.409. The summed E-state index contributed by atoms with van der Waals surface area (Å²) in [4.78, 5) is 40.1. The van der Waals surface area contributed by atoms with Crippen molar-refractivity contribution >= 4 is 33.2 Å². The van der Waals surface area contributed by atoms with Crippen molar-refractivity contribution in [1.82, 2.24) is 4.90 Å². The van der Waals surface area contributed by atoms with Crippen molar-refractivity contribution in [1.29, 1.82) is 0 Å². The van der Waals surface area contributed by atoms with Gasteiger partial charge in [-0.25, -0.2) is 8.42 Å². The zero-order valence-electron chi connectivity index (χ0n) is 19.1. The molecule has 1 aromatic rings. The van der Waals surface area contributed by atoms with E-state index in [2.05, 4.69) is 4.72 Å². The summed E-state index contributed by atoms with van der Waals surface area (Å²) in [5, 5.41) is 43.8. The number of ketones is 2. The zero-order valence-corrected chi connectivity index (χ0v) is 19.9. The molecule has 0 fully saturated rings. The topological polar surface area (TPSA) is 208 Å². The van der Waals surface area contributed by atoms with E-state index in [1.165, 1.54) is 25.1 Å². The van der Waals surface area contributed by atoms with Crippen LogP contribution in [0.5, 0.6) is 5.75 Å². The number of aromatic hydroxyl groups is 1. The number of nitrogens with one attached hydrogen (secondary N) is 1. The van der Waals surface area contributed by atoms with Crippen LogP contribution in [-0.2, 0) is 26.0 Å². The first-order valence-corrected chi connectivity index (χ1v) is 12.5. The molecule has 3 aliphatic rings. The Morgan fingerprint density at radius 1 is 1.20 bits per heavy atom. The quantitative estimate of drug-likeness (QED) is 0.227. The Labute approximate surface area is 200 Å². The normalized spacial score (nSPS) is 28.5. The molecule has 0 radical (unpaired) electrons. The van der Waals surface area contributed by atoms with E-state index in [1.807, 2.05) is 0 Å². The maximum atomic E-state index is 13.5. The number of carbonyl (C=O) groups is 3. The summed E-state index contributed by atoms with van der Waals surface area (Å²) in [6.45, 7) is 0. The lowest BCUT2D eigenvalue weighted by Crippen LogP contribution is -2.63. The molecule has 0 bridgehead atoms. The van der Waals surface area contributed by atoms with Crippen molar-refractivity contribution in [2.45, 2.75) is 24.5 Å². The second kappa shape index (κ2) is 7.80. The van der Waals surface area contributed by atoms with E-state index in [-0.39, 0.29) is 35.2 Å². The Balaban J connectivity index is 1.96. The van der Waals surface area contributed by atoms with Crippen LogP contribution in [0.2, 0.25) is 0 Å².